The van der Waals surface area contributed by atoms with E-state index in [1.165, 1.54) is 4.31 Å². The van der Waals surface area contributed by atoms with Gasteiger partial charge < -0.3 is 4.90 Å². The summed E-state index contributed by atoms with van der Waals surface area (Å²) in [5, 5.41) is 0. The molecule has 1 aromatic carbocycles. The number of carbonyl (C=O) groups is 1. The van der Waals surface area contributed by atoms with Gasteiger partial charge in [-0.25, -0.2) is 8.42 Å². The van der Waals surface area contributed by atoms with Crippen molar-refractivity contribution in [1.29, 1.82) is 0 Å². The number of hydrogen-bond acceptors (Lipinski definition) is 3. The molecule has 0 N–H and O–H groups in total. The average molecular weight is 367 g/mol. The standard InChI is InChI=1S/C19H30N2O3S/c1-4-5-7-19(22)20-12-6-13-21(15-14-20)25(23,24)18-10-8-17(9-11-18)16(2)3/h8-11,16H,4-7,12-15H2,1-3H3. The van der Waals surface area contributed by atoms with Gasteiger partial charge in [0.15, 0.2) is 0 Å². The molecule has 0 bridgehead atoms. The number of carbonyl (C=O) groups excluding carboxylic acids is 1. The lowest BCUT2D eigenvalue weighted by atomic mass is 10.0. The van der Waals surface area contributed by atoms with E-state index >= 15 is 0 Å². The van der Waals surface area contributed by atoms with Crippen molar-refractivity contribution in [1.82, 2.24) is 9.21 Å². The van der Waals surface area contributed by atoms with E-state index in [2.05, 4.69) is 20.8 Å². The van der Waals surface area contributed by atoms with Gasteiger partial charge in [0.05, 0.1) is 4.90 Å². The summed E-state index contributed by atoms with van der Waals surface area (Å²) in [6.45, 7) is 8.18. The zero-order chi connectivity index (χ0) is 18.4. The first-order valence-electron chi connectivity index (χ1n) is 9.24. The van der Waals surface area contributed by atoms with E-state index in [-0.39, 0.29) is 5.91 Å². The molecule has 1 aromatic rings. The van der Waals surface area contributed by atoms with E-state index in [0.717, 1.165) is 18.4 Å². The Balaban J connectivity index is 2.06. The van der Waals surface area contributed by atoms with Gasteiger partial charge in [0, 0.05) is 32.6 Å². The summed E-state index contributed by atoms with van der Waals surface area (Å²) in [5.41, 5.74) is 1.13. The first-order valence-corrected chi connectivity index (χ1v) is 10.7. The van der Waals surface area contributed by atoms with Crippen LogP contribution in [-0.2, 0) is 14.8 Å². The lowest BCUT2D eigenvalue weighted by Gasteiger charge is -2.22. The van der Waals surface area contributed by atoms with Crippen molar-refractivity contribution in [3.05, 3.63) is 29.8 Å². The van der Waals surface area contributed by atoms with E-state index in [4.69, 9.17) is 0 Å². The van der Waals surface area contributed by atoms with E-state index in [9.17, 15) is 13.2 Å². The molecule has 2 rings (SSSR count). The van der Waals surface area contributed by atoms with Crippen LogP contribution in [0.5, 0.6) is 0 Å². The summed E-state index contributed by atoms with van der Waals surface area (Å²) in [4.78, 5) is 14.3. The Morgan fingerprint density at radius 1 is 1.08 bits per heavy atom. The monoisotopic (exact) mass is 366 g/mol. The Hall–Kier alpha value is -1.40. The molecule has 1 aliphatic rings. The van der Waals surface area contributed by atoms with Crippen LogP contribution in [0.25, 0.3) is 0 Å². The lowest BCUT2D eigenvalue weighted by Crippen LogP contribution is -2.37. The second-order valence-electron chi connectivity index (χ2n) is 6.97. The topological polar surface area (TPSA) is 57.7 Å². The van der Waals surface area contributed by atoms with Crippen LogP contribution in [0.2, 0.25) is 0 Å². The first-order chi connectivity index (χ1) is 11.9. The second-order valence-corrected chi connectivity index (χ2v) is 8.90. The maximum Gasteiger partial charge on any atom is 0.243 e. The van der Waals surface area contributed by atoms with Gasteiger partial charge in [0.1, 0.15) is 0 Å². The fraction of sp³-hybridized carbons (Fsp3) is 0.632. The normalized spacial score (nSPS) is 16.9. The molecule has 1 amide bonds. The molecule has 0 atom stereocenters. The van der Waals surface area contributed by atoms with Crippen molar-refractivity contribution in [2.75, 3.05) is 26.2 Å². The Morgan fingerprint density at radius 2 is 1.76 bits per heavy atom. The maximum atomic E-state index is 12.9. The molecule has 0 aliphatic carbocycles. The maximum absolute atomic E-state index is 12.9. The second kappa shape index (κ2) is 8.81. The van der Waals surface area contributed by atoms with Crippen LogP contribution >= 0.6 is 0 Å². The van der Waals surface area contributed by atoms with Crippen LogP contribution in [0.15, 0.2) is 29.2 Å². The van der Waals surface area contributed by atoms with Gasteiger partial charge in [-0.15, -0.1) is 0 Å². The molecular weight excluding hydrogens is 336 g/mol. The molecule has 0 aromatic heterocycles. The van der Waals surface area contributed by atoms with Crippen LogP contribution in [-0.4, -0.2) is 49.7 Å². The molecule has 6 heteroatoms. The Labute approximate surface area is 152 Å². The molecule has 0 radical (unpaired) electrons. The van der Waals surface area contributed by atoms with Gasteiger partial charge in [0.25, 0.3) is 0 Å². The summed E-state index contributed by atoms with van der Waals surface area (Å²) in [6, 6.07) is 7.16. The largest absolute Gasteiger partial charge is 0.341 e. The molecule has 140 valence electrons. The minimum atomic E-state index is -3.50. The molecule has 0 saturated carbocycles. The van der Waals surface area contributed by atoms with E-state index in [0.29, 0.717) is 49.8 Å². The van der Waals surface area contributed by atoms with Crippen molar-refractivity contribution >= 4 is 15.9 Å². The molecule has 0 spiro atoms. The third-order valence-corrected chi connectivity index (χ3v) is 6.65. The molecule has 25 heavy (non-hydrogen) atoms. The van der Waals surface area contributed by atoms with Gasteiger partial charge in [-0.3, -0.25) is 4.79 Å². The highest BCUT2D eigenvalue weighted by Crippen LogP contribution is 2.21. The summed E-state index contributed by atoms with van der Waals surface area (Å²) in [7, 11) is -3.50. The number of unbranched alkanes of at least 4 members (excludes halogenated alkanes) is 1. The van der Waals surface area contributed by atoms with Gasteiger partial charge >= 0.3 is 0 Å². The van der Waals surface area contributed by atoms with Gasteiger partial charge in [-0.2, -0.15) is 4.31 Å². The van der Waals surface area contributed by atoms with Crippen molar-refractivity contribution in [3.8, 4) is 0 Å². The molecule has 1 fully saturated rings. The van der Waals surface area contributed by atoms with Gasteiger partial charge in [-0.1, -0.05) is 39.3 Å². The summed E-state index contributed by atoms with van der Waals surface area (Å²) in [5.74, 6) is 0.514. The van der Waals surface area contributed by atoms with E-state index in [1.807, 2.05) is 17.0 Å². The van der Waals surface area contributed by atoms with Crippen LogP contribution in [0.3, 0.4) is 0 Å². The van der Waals surface area contributed by atoms with Gasteiger partial charge in [-0.05, 0) is 36.5 Å². The number of nitrogens with zero attached hydrogens (tertiary/aromatic N) is 2. The van der Waals surface area contributed by atoms with E-state index < -0.39 is 10.0 Å². The Morgan fingerprint density at radius 3 is 2.36 bits per heavy atom. The van der Waals surface area contributed by atoms with Crippen LogP contribution in [0.1, 0.15) is 57.9 Å². The quantitative estimate of drug-likeness (QED) is 0.777. The van der Waals surface area contributed by atoms with Crippen LogP contribution in [0, 0.1) is 0 Å². The fourth-order valence-electron chi connectivity index (χ4n) is 3.04. The van der Waals surface area contributed by atoms with Crippen LogP contribution in [0.4, 0.5) is 0 Å². The minimum absolute atomic E-state index is 0.141. The predicted molar refractivity (Wildman–Crippen MR) is 100 cm³/mol. The molecule has 1 saturated heterocycles. The summed E-state index contributed by atoms with van der Waals surface area (Å²) in [6.07, 6.45) is 3.12. The molecule has 5 nitrogen and oxygen atoms in total. The van der Waals surface area contributed by atoms with Crippen LogP contribution < -0.4 is 0 Å². The third kappa shape index (κ3) is 5.05. The van der Waals surface area contributed by atoms with Crippen molar-refractivity contribution in [2.45, 2.75) is 57.3 Å². The van der Waals surface area contributed by atoms with Gasteiger partial charge in [0.2, 0.25) is 15.9 Å². The molecule has 1 heterocycles. The number of rotatable bonds is 6. The number of sulfonamides is 1. The zero-order valence-electron chi connectivity index (χ0n) is 15.6. The lowest BCUT2D eigenvalue weighted by molar-refractivity contribution is -0.131. The summed E-state index contributed by atoms with van der Waals surface area (Å²) >= 11 is 0. The highest BCUT2D eigenvalue weighted by molar-refractivity contribution is 7.89. The molecular formula is C19H30N2O3S. The minimum Gasteiger partial charge on any atom is -0.341 e. The van der Waals surface area contributed by atoms with Crippen molar-refractivity contribution < 1.29 is 13.2 Å². The Bertz CT molecular complexity index is 668. The molecule has 0 unspecified atom stereocenters. The average Bonchev–Trinajstić information content (AvgIpc) is 2.86. The molecule has 1 aliphatic heterocycles. The van der Waals surface area contributed by atoms with Crippen molar-refractivity contribution in [3.63, 3.8) is 0 Å². The number of amides is 1. The first kappa shape index (κ1) is 19.9. The smallest absolute Gasteiger partial charge is 0.243 e. The van der Waals surface area contributed by atoms with Crippen molar-refractivity contribution in [2.24, 2.45) is 0 Å². The zero-order valence-corrected chi connectivity index (χ0v) is 16.4. The van der Waals surface area contributed by atoms with E-state index in [1.54, 1.807) is 12.1 Å². The SMILES string of the molecule is CCCCC(=O)N1CCCN(S(=O)(=O)c2ccc(C(C)C)cc2)CC1. The number of hydrogen-bond donors (Lipinski definition) is 0. The third-order valence-electron chi connectivity index (χ3n) is 4.74. The Kier molecular flexibility index (Phi) is 7.02. The highest BCUT2D eigenvalue weighted by Gasteiger charge is 2.28. The predicted octanol–water partition coefficient (Wildman–Crippen LogP) is 3.22. The summed E-state index contributed by atoms with van der Waals surface area (Å²) < 4.78 is 27.3. The highest BCUT2D eigenvalue weighted by atomic mass is 32.2. The fourth-order valence-corrected chi connectivity index (χ4v) is 4.51. The number of benzene rings is 1.